The van der Waals surface area contributed by atoms with Gasteiger partial charge in [-0.25, -0.2) is 9.78 Å². The van der Waals surface area contributed by atoms with E-state index in [2.05, 4.69) is 15.6 Å². The van der Waals surface area contributed by atoms with Crippen LogP contribution in [0.4, 0.5) is 4.79 Å². The molecule has 2 aromatic rings. The number of thiocarbonyl (C=S) groups is 1. The van der Waals surface area contributed by atoms with E-state index in [0.29, 0.717) is 23.3 Å². The first kappa shape index (κ1) is 25.9. The smallest absolute Gasteiger partial charge is 0.408 e. The lowest BCUT2D eigenvalue weighted by atomic mass is 9.80. The first-order valence-corrected chi connectivity index (χ1v) is 12.5. The second-order valence-corrected chi connectivity index (χ2v) is 10.7. The van der Waals surface area contributed by atoms with Gasteiger partial charge in [-0.3, -0.25) is 0 Å². The molecule has 1 atom stereocenters. The molecule has 0 spiro atoms. The molecule has 1 fully saturated rings. The number of alkyl carbamates (subject to hydrolysis) is 1. The number of para-hydroxylation sites is 1. The minimum atomic E-state index is -0.691. The highest BCUT2D eigenvalue weighted by molar-refractivity contribution is 7.80. The van der Waals surface area contributed by atoms with Crippen LogP contribution in [0.25, 0.3) is 0 Å². The normalized spacial score (nSPS) is 16.2. The fraction of sp³-hybridized carbons (Fsp3) is 0.519. The number of rotatable bonds is 8. The van der Waals surface area contributed by atoms with Crippen LogP contribution in [0.1, 0.15) is 71.8 Å². The van der Waals surface area contributed by atoms with Crippen molar-refractivity contribution in [1.29, 1.82) is 0 Å². The Morgan fingerprint density at radius 1 is 1.06 bits per heavy atom. The third-order valence-electron chi connectivity index (χ3n) is 5.92. The molecule has 1 saturated carbocycles. The Labute approximate surface area is 208 Å². The van der Waals surface area contributed by atoms with Gasteiger partial charge >= 0.3 is 6.09 Å². The number of amides is 1. The molecule has 184 valence electrons. The van der Waals surface area contributed by atoms with Gasteiger partial charge in [0.05, 0.1) is 5.54 Å². The standard InChI is InChI=1S/C27H37N3O3S/c1-26(2,3)33-25(31)30-27(4,17-20-11-7-5-8-12-20)24(34)29-19-21-15-16-23(28-18-21)32-22-13-9-6-10-14-22/h6,9-10,13-16,18,20H,5,7-8,11-12,17,19H2,1-4H3,(H,29,34)(H,30,31)/t27-/m1/s1. The number of hydrogen-bond donors (Lipinski definition) is 2. The van der Waals surface area contributed by atoms with Crippen LogP contribution in [0, 0.1) is 5.92 Å². The molecule has 34 heavy (non-hydrogen) atoms. The summed E-state index contributed by atoms with van der Waals surface area (Å²) in [6.45, 7) is 8.09. The van der Waals surface area contributed by atoms with E-state index in [1.54, 1.807) is 6.20 Å². The van der Waals surface area contributed by atoms with Crippen molar-refractivity contribution in [1.82, 2.24) is 15.6 Å². The highest BCUT2D eigenvalue weighted by Crippen LogP contribution is 2.31. The first-order chi connectivity index (χ1) is 16.1. The monoisotopic (exact) mass is 483 g/mol. The lowest BCUT2D eigenvalue weighted by Crippen LogP contribution is -2.57. The van der Waals surface area contributed by atoms with Crippen molar-refractivity contribution >= 4 is 23.3 Å². The predicted octanol–water partition coefficient (Wildman–Crippen LogP) is 6.54. The van der Waals surface area contributed by atoms with Gasteiger partial charge in [-0.1, -0.05) is 68.6 Å². The fourth-order valence-corrected chi connectivity index (χ4v) is 4.47. The van der Waals surface area contributed by atoms with Gasteiger partial charge in [-0.2, -0.15) is 0 Å². The highest BCUT2D eigenvalue weighted by Gasteiger charge is 2.36. The van der Waals surface area contributed by atoms with Crippen LogP contribution in [0.15, 0.2) is 48.7 Å². The lowest BCUT2D eigenvalue weighted by molar-refractivity contribution is 0.0479. The third kappa shape index (κ3) is 8.28. The average Bonchev–Trinajstić information content (AvgIpc) is 2.78. The zero-order valence-corrected chi connectivity index (χ0v) is 21.5. The Morgan fingerprint density at radius 2 is 1.76 bits per heavy atom. The highest BCUT2D eigenvalue weighted by atomic mass is 32.1. The topological polar surface area (TPSA) is 72.5 Å². The van der Waals surface area contributed by atoms with Gasteiger partial charge < -0.3 is 20.1 Å². The summed E-state index contributed by atoms with van der Waals surface area (Å²) in [5, 5.41) is 6.42. The minimum absolute atomic E-state index is 0.445. The maximum Gasteiger partial charge on any atom is 0.408 e. The Bertz CT molecular complexity index is 938. The molecule has 1 aromatic carbocycles. The molecule has 1 aliphatic carbocycles. The van der Waals surface area contributed by atoms with Crippen molar-refractivity contribution in [3.63, 3.8) is 0 Å². The molecule has 0 radical (unpaired) electrons. The molecular weight excluding hydrogens is 446 g/mol. The van der Waals surface area contributed by atoms with E-state index in [4.69, 9.17) is 21.7 Å². The summed E-state index contributed by atoms with van der Waals surface area (Å²) in [6.07, 6.45) is 8.20. The predicted molar refractivity (Wildman–Crippen MR) is 139 cm³/mol. The molecule has 1 aliphatic rings. The number of carbonyl (C=O) groups is 1. The summed E-state index contributed by atoms with van der Waals surface area (Å²) in [5.74, 6) is 1.81. The van der Waals surface area contributed by atoms with E-state index < -0.39 is 17.2 Å². The summed E-state index contributed by atoms with van der Waals surface area (Å²) in [7, 11) is 0. The maximum atomic E-state index is 12.6. The molecule has 1 amide bonds. The second-order valence-electron chi connectivity index (χ2n) is 10.3. The molecule has 0 unspecified atom stereocenters. The van der Waals surface area contributed by atoms with Crippen LogP contribution >= 0.6 is 12.2 Å². The van der Waals surface area contributed by atoms with Crippen molar-refractivity contribution in [2.24, 2.45) is 5.92 Å². The summed E-state index contributed by atoms with van der Waals surface area (Å²) < 4.78 is 11.3. The van der Waals surface area contributed by atoms with E-state index >= 15 is 0 Å². The molecule has 0 saturated heterocycles. The summed E-state index contributed by atoms with van der Waals surface area (Å²) >= 11 is 5.80. The van der Waals surface area contributed by atoms with Gasteiger partial charge in [-0.15, -0.1) is 0 Å². The molecule has 0 aliphatic heterocycles. The Kier molecular flexibility index (Phi) is 8.89. The number of ether oxygens (including phenoxy) is 2. The van der Waals surface area contributed by atoms with Crippen LogP contribution in [0.5, 0.6) is 11.6 Å². The molecule has 2 N–H and O–H groups in total. The molecule has 7 heteroatoms. The summed E-state index contributed by atoms with van der Waals surface area (Å²) in [4.78, 5) is 17.6. The van der Waals surface area contributed by atoms with Crippen molar-refractivity contribution in [3.05, 3.63) is 54.2 Å². The zero-order valence-electron chi connectivity index (χ0n) is 20.7. The molecule has 0 bridgehead atoms. The second kappa shape index (κ2) is 11.6. The van der Waals surface area contributed by atoms with Gasteiger partial charge in [0.15, 0.2) is 0 Å². The zero-order chi connectivity index (χ0) is 24.6. The van der Waals surface area contributed by atoms with E-state index in [1.165, 1.54) is 32.1 Å². The SMILES string of the molecule is CC(C)(C)OC(=O)N[C@](C)(CC1CCCCC1)C(=S)NCc1ccc(Oc2ccccc2)nc1. The van der Waals surface area contributed by atoms with Gasteiger partial charge in [0, 0.05) is 18.8 Å². The minimum Gasteiger partial charge on any atom is -0.444 e. The van der Waals surface area contributed by atoms with E-state index in [1.807, 2.05) is 70.2 Å². The van der Waals surface area contributed by atoms with Crippen molar-refractivity contribution in [3.8, 4) is 11.6 Å². The van der Waals surface area contributed by atoms with Gasteiger partial charge in [0.1, 0.15) is 16.3 Å². The van der Waals surface area contributed by atoms with Crippen LogP contribution < -0.4 is 15.4 Å². The third-order valence-corrected chi connectivity index (χ3v) is 6.51. The van der Waals surface area contributed by atoms with Crippen LogP contribution in [-0.2, 0) is 11.3 Å². The lowest BCUT2D eigenvalue weighted by Gasteiger charge is -2.37. The fourth-order valence-electron chi connectivity index (χ4n) is 4.26. The van der Waals surface area contributed by atoms with Crippen LogP contribution in [-0.4, -0.2) is 27.2 Å². The Hall–Kier alpha value is -2.67. The largest absolute Gasteiger partial charge is 0.444 e. The molecule has 1 heterocycles. The van der Waals surface area contributed by atoms with Crippen LogP contribution in [0.2, 0.25) is 0 Å². The number of benzene rings is 1. The number of carbonyl (C=O) groups excluding carboxylic acids is 1. The summed E-state index contributed by atoms with van der Waals surface area (Å²) in [6, 6.07) is 13.4. The number of nitrogens with zero attached hydrogens (tertiary/aromatic N) is 1. The maximum absolute atomic E-state index is 12.6. The number of hydrogen-bond acceptors (Lipinski definition) is 5. The number of pyridine rings is 1. The molecular formula is C27H37N3O3S. The van der Waals surface area contributed by atoms with Crippen molar-refractivity contribution < 1.29 is 14.3 Å². The number of nitrogens with one attached hydrogen (secondary N) is 2. The Balaban J connectivity index is 1.62. The number of aromatic nitrogens is 1. The van der Waals surface area contributed by atoms with Crippen molar-refractivity contribution in [2.75, 3.05) is 0 Å². The van der Waals surface area contributed by atoms with E-state index in [0.717, 1.165) is 17.7 Å². The van der Waals surface area contributed by atoms with Gasteiger partial charge in [-0.05, 0) is 57.7 Å². The Morgan fingerprint density at radius 3 is 2.38 bits per heavy atom. The molecule has 6 nitrogen and oxygen atoms in total. The quantitative estimate of drug-likeness (QED) is 0.415. The molecule has 3 rings (SSSR count). The summed E-state index contributed by atoms with van der Waals surface area (Å²) in [5.41, 5.74) is -0.288. The van der Waals surface area contributed by atoms with Crippen LogP contribution in [0.3, 0.4) is 0 Å². The van der Waals surface area contributed by atoms with Crippen molar-refractivity contribution in [2.45, 2.75) is 83.9 Å². The first-order valence-electron chi connectivity index (χ1n) is 12.1. The van der Waals surface area contributed by atoms with Gasteiger partial charge in [0.25, 0.3) is 0 Å². The van der Waals surface area contributed by atoms with E-state index in [9.17, 15) is 4.79 Å². The van der Waals surface area contributed by atoms with E-state index in [-0.39, 0.29) is 0 Å². The molecule has 1 aromatic heterocycles. The average molecular weight is 484 g/mol. The van der Waals surface area contributed by atoms with Gasteiger partial charge in [0.2, 0.25) is 5.88 Å².